The van der Waals surface area contributed by atoms with Crippen LogP contribution in [0, 0.1) is 0 Å². The average molecular weight is 249 g/mol. The maximum Gasteiger partial charge on any atom is 0.343 e. The van der Waals surface area contributed by atoms with E-state index in [1.165, 1.54) is 24.9 Å². The number of aromatic nitrogens is 2. The second kappa shape index (κ2) is 6.48. The van der Waals surface area contributed by atoms with Crippen molar-refractivity contribution in [2.24, 2.45) is 0 Å². The number of rotatable bonds is 5. The Labute approximate surface area is 105 Å². The lowest BCUT2D eigenvalue weighted by Gasteiger charge is -2.10. The Balaban J connectivity index is 3.05. The summed E-state index contributed by atoms with van der Waals surface area (Å²) >= 11 is 0. The Morgan fingerprint density at radius 1 is 1.33 bits per heavy atom. The fourth-order valence-corrected chi connectivity index (χ4v) is 1.24. The molecule has 0 atom stereocenters. The zero-order valence-corrected chi connectivity index (χ0v) is 10.6. The molecule has 0 bridgehead atoms. The van der Waals surface area contributed by atoms with E-state index >= 15 is 0 Å². The van der Waals surface area contributed by atoms with Crippen molar-refractivity contribution >= 4 is 11.8 Å². The van der Waals surface area contributed by atoms with E-state index in [2.05, 4.69) is 9.97 Å². The van der Waals surface area contributed by atoms with Gasteiger partial charge in [0.05, 0.1) is 12.2 Å². The van der Waals surface area contributed by atoms with Crippen LogP contribution in [0.2, 0.25) is 0 Å². The molecule has 0 radical (unpaired) electrons. The summed E-state index contributed by atoms with van der Waals surface area (Å²) in [4.78, 5) is 32.9. The number of esters is 1. The Morgan fingerprint density at radius 2 is 1.94 bits per heavy atom. The molecule has 1 rings (SSSR count). The second-order valence-corrected chi connectivity index (χ2v) is 3.68. The van der Waals surface area contributed by atoms with Crippen LogP contribution in [0.25, 0.3) is 0 Å². The zero-order chi connectivity index (χ0) is 13.5. The minimum Gasteiger partial charge on any atom is -0.462 e. The molecular formula is C12H15N3O3. The SMILES string of the molecule is CCOC(=O)/C(=C\N(C)C)C(=O)c1cncnc1. The molecule has 0 aromatic carbocycles. The van der Waals surface area contributed by atoms with Gasteiger partial charge in [-0.3, -0.25) is 4.79 Å². The van der Waals surface area contributed by atoms with Crippen molar-refractivity contribution < 1.29 is 14.3 Å². The van der Waals surface area contributed by atoms with Crippen LogP contribution in [0.3, 0.4) is 0 Å². The topological polar surface area (TPSA) is 72.4 Å². The van der Waals surface area contributed by atoms with E-state index in [4.69, 9.17) is 4.74 Å². The predicted octanol–water partition coefficient (Wildman–Crippen LogP) is 0.668. The summed E-state index contributed by atoms with van der Waals surface area (Å²) in [6.07, 6.45) is 5.46. The standard InChI is InChI=1S/C12H15N3O3/c1-4-18-12(17)10(7-15(2)3)11(16)9-5-13-8-14-6-9/h5-8H,4H2,1-3H3/b10-7-. The molecule has 0 aliphatic rings. The van der Waals surface area contributed by atoms with Gasteiger partial charge in [-0.15, -0.1) is 0 Å². The van der Waals surface area contributed by atoms with Crippen molar-refractivity contribution in [1.82, 2.24) is 14.9 Å². The predicted molar refractivity (Wildman–Crippen MR) is 64.8 cm³/mol. The van der Waals surface area contributed by atoms with Gasteiger partial charge in [0.25, 0.3) is 0 Å². The highest BCUT2D eigenvalue weighted by Gasteiger charge is 2.21. The highest BCUT2D eigenvalue weighted by Crippen LogP contribution is 2.09. The van der Waals surface area contributed by atoms with Crippen LogP contribution in [0.1, 0.15) is 17.3 Å². The first-order valence-corrected chi connectivity index (χ1v) is 5.41. The first-order chi connectivity index (χ1) is 8.56. The minimum absolute atomic E-state index is 0.0448. The molecular weight excluding hydrogens is 234 g/mol. The van der Waals surface area contributed by atoms with Gasteiger partial charge in [-0.1, -0.05) is 0 Å². The summed E-state index contributed by atoms with van der Waals surface area (Å²) in [5.41, 5.74) is 0.204. The molecule has 0 saturated carbocycles. The fourth-order valence-electron chi connectivity index (χ4n) is 1.24. The largest absolute Gasteiger partial charge is 0.462 e. The third-order valence-corrected chi connectivity index (χ3v) is 1.95. The Kier molecular flexibility index (Phi) is 4.98. The number of ether oxygens (including phenoxy) is 1. The van der Waals surface area contributed by atoms with E-state index < -0.39 is 11.8 Å². The third kappa shape index (κ3) is 3.65. The van der Waals surface area contributed by atoms with Gasteiger partial charge in [0.1, 0.15) is 11.9 Å². The van der Waals surface area contributed by atoms with Crippen LogP contribution in [0.5, 0.6) is 0 Å². The molecule has 0 saturated heterocycles. The van der Waals surface area contributed by atoms with Crippen molar-refractivity contribution in [3.05, 3.63) is 36.1 Å². The van der Waals surface area contributed by atoms with Crippen molar-refractivity contribution in [2.75, 3.05) is 20.7 Å². The van der Waals surface area contributed by atoms with Crippen LogP contribution in [-0.2, 0) is 9.53 Å². The molecule has 0 aliphatic heterocycles. The number of ketones is 1. The lowest BCUT2D eigenvalue weighted by molar-refractivity contribution is -0.138. The summed E-state index contributed by atoms with van der Waals surface area (Å²) < 4.78 is 4.85. The molecule has 0 N–H and O–H groups in total. The molecule has 6 heteroatoms. The second-order valence-electron chi connectivity index (χ2n) is 3.68. The summed E-state index contributed by atoms with van der Waals surface area (Å²) in [6.45, 7) is 1.89. The maximum atomic E-state index is 12.1. The van der Waals surface area contributed by atoms with Gasteiger partial charge >= 0.3 is 5.97 Å². The average Bonchev–Trinajstić information content (AvgIpc) is 2.36. The van der Waals surface area contributed by atoms with Crippen LogP contribution >= 0.6 is 0 Å². The number of hydrogen-bond acceptors (Lipinski definition) is 6. The molecule has 6 nitrogen and oxygen atoms in total. The van der Waals surface area contributed by atoms with Gasteiger partial charge in [0, 0.05) is 32.7 Å². The number of nitrogens with zero attached hydrogens (tertiary/aromatic N) is 3. The normalized spacial score (nSPS) is 10.9. The van der Waals surface area contributed by atoms with E-state index in [0.29, 0.717) is 0 Å². The third-order valence-electron chi connectivity index (χ3n) is 1.95. The Morgan fingerprint density at radius 3 is 2.44 bits per heavy atom. The van der Waals surface area contributed by atoms with Crippen molar-refractivity contribution in [3.8, 4) is 0 Å². The molecule has 96 valence electrons. The highest BCUT2D eigenvalue weighted by molar-refractivity contribution is 6.23. The van der Waals surface area contributed by atoms with Crippen LogP contribution < -0.4 is 0 Å². The number of carbonyl (C=O) groups is 2. The number of carbonyl (C=O) groups excluding carboxylic acids is 2. The zero-order valence-electron chi connectivity index (χ0n) is 10.6. The minimum atomic E-state index is -0.653. The van der Waals surface area contributed by atoms with Crippen LogP contribution in [0.4, 0.5) is 0 Å². The monoisotopic (exact) mass is 249 g/mol. The van der Waals surface area contributed by atoms with Crippen molar-refractivity contribution in [3.63, 3.8) is 0 Å². The molecule has 18 heavy (non-hydrogen) atoms. The van der Waals surface area contributed by atoms with E-state index in [9.17, 15) is 9.59 Å². The lowest BCUT2D eigenvalue weighted by Crippen LogP contribution is -2.19. The van der Waals surface area contributed by atoms with Crippen LogP contribution in [-0.4, -0.2) is 47.3 Å². The van der Waals surface area contributed by atoms with E-state index in [-0.39, 0.29) is 17.7 Å². The van der Waals surface area contributed by atoms with Gasteiger partial charge < -0.3 is 9.64 Å². The molecule has 0 aliphatic carbocycles. The Bertz CT molecular complexity index is 455. The van der Waals surface area contributed by atoms with Crippen molar-refractivity contribution in [2.45, 2.75) is 6.92 Å². The lowest BCUT2D eigenvalue weighted by atomic mass is 10.1. The summed E-state index contributed by atoms with van der Waals surface area (Å²) in [5.74, 6) is -1.11. The van der Waals surface area contributed by atoms with Gasteiger partial charge in [-0.2, -0.15) is 0 Å². The van der Waals surface area contributed by atoms with Gasteiger partial charge in [0.2, 0.25) is 5.78 Å². The quantitative estimate of drug-likeness (QED) is 0.251. The molecule has 0 spiro atoms. The highest BCUT2D eigenvalue weighted by atomic mass is 16.5. The van der Waals surface area contributed by atoms with Crippen molar-refractivity contribution in [1.29, 1.82) is 0 Å². The summed E-state index contributed by atoms with van der Waals surface area (Å²) in [5, 5.41) is 0. The van der Waals surface area contributed by atoms with E-state index in [0.717, 1.165) is 0 Å². The number of Topliss-reactive ketones (excluding diaryl/α,β-unsaturated/α-hetero) is 1. The molecule has 0 amide bonds. The first-order valence-electron chi connectivity index (χ1n) is 5.41. The molecule has 1 heterocycles. The number of hydrogen-bond donors (Lipinski definition) is 0. The van der Waals surface area contributed by atoms with E-state index in [1.54, 1.807) is 25.9 Å². The van der Waals surface area contributed by atoms with Gasteiger partial charge in [0.15, 0.2) is 0 Å². The van der Waals surface area contributed by atoms with E-state index in [1.807, 2.05) is 0 Å². The first kappa shape index (κ1) is 13.8. The Hall–Kier alpha value is -2.24. The summed E-state index contributed by atoms with van der Waals surface area (Å²) in [7, 11) is 3.43. The summed E-state index contributed by atoms with van der Waals surface area (Å²) in [6, 6.07) is 0. The van der Waals surface area contributed by atoms with Crippen LogP contribution in [0.15, 0.2) is 30.5 Å². The molecule has 1 aromatic heterocycles. The maximum absolute atomic E-state index is 12.1. The van der Waals surface area contributed by atoms with Gasteiger partial charge in [-0.05, 0) is 6.92 Å². The molecule has 0 fully saturated rings. The molecule has 1 aromatic rings. The smallest absolute Gasteiger partial charge is 0.343 e. The van der Waals surface area contributed by atoms with Gasteiger partial charge in [-0.25, -0.2) is 14.8 Å². The molecule has 0 unspecified atom stereocenters. The fraction of sp³-hybridized carbons (Fsp3) is 0.333.